The minimum absolute atomic E-state index is 0.718. The molecule has 0 aliphatic carbocycles. The Morgan fingerprint density at radius 2 is 2.27 bits per heavy atom. The molecule has 0 radical (unpaired) electrons. The number of hydrogen-bond acceptors (Lipinski definition) is 0. The molecule has 0 bridgehead atoms. The van der Waals surface area contributed by atoms with Gasteiger partial charge in [-0.15, -0.1) is 0 Å². The van der Waals surface area contributed by atoms with Crippen LogP contribution in [0.25, 0.3) is 10.9 Å². The molecule has 0 amide bonds. The van der Waals surface area contributed by atoms with Gasteiger partial charge in [0.25, 0.3) is 0 Å². The van der Waals surface area contributed by atoms with Crippen LogP contribution < -0.4 is 0 Å². The van der Waals surface area contributed by atoms with E-state index in [4.69, 9.17) is 6.57 Å². The van der Waals surface area contributed by atoms with Crippen LogP contribution in [-0.4, -0.2) is 0 Å². The van der Waals surface area contributed by atoms with Crippen LogP contribution in [0.1, 0.15) is 11.1 Å². The normalized spacial score (nSPS) is 8.73. The summed E-state index contributed by atoms with van der Waals surface area (Å²) in [4.78, 5) is 3.36. The molecule has 0 aliphatic rings. The topological polar surface area (TPSA) is 4.36 Å². The van der Waals surface area contributed by atoms with Crippen molar-refractivity contribution in [2.24, 2.45) is 0 Å². The van der Waals surface area contributed by atoms with Gasteiger partial charge >= 0.3 is 0 Å². The van der Waals surface area contributed by atoms with Crippen LogP contribution >= 0.6 is 0 Å². The number of hydrogen-bond donors (Lipinski definition) is 0. The quantitative estimate of drug-likeness (QED) is 0.532. The number of nitrogens with zero attached hydrogens (tertiary/aromatic N) is 1. The van der Waals surface area contributed by atoms with Gasteiger partial charge in [0.15, 0.2) is 5.69 Å². The van der Waals surface area contributed by atoms with Crippen molar-refractivity contribution < 1.29 is 0 Å². The molecular formula is C10H9N. The van der Waals surface area contributed by atoms with Gasteiger partial charge in [-0.05, 0) is 18.1 Å². The Labute approximate surface area is 66.8 Å². The van der Waals surface area contributed by atoms with Gasteiger partial charge in [0.2, 0.25) is 0 Å². The Morgan fingerprint density at radius 3 is 2.73 bits per heavy atom. The third kappa shape index (κ3) is 1.47. The minimum Gasteiger partial charge on any atom is -0.238 e. The van der Waals surface area contributed by atoms with Crippen LogP contribution in [-0.2, 0) is 0 Å². The minimum atomic E-state index is 0.718. The Kier molecular flexibility index (Phi) is 2.08. The molecule has 0 aliphatic heterocycles. The monoisotopic (exact) mass is 143 g/mol. The molecule has 0 N–H and O–H groups in total. The van der Waals surface area contributed by atoms with Crippen LogP contribution in [0.4, 0.5) is 5.69 Å². The van der Waals surface area contributed by atoms with Gasteiger partial charge in [-0.25, -0.2) is 4.85 Å². The first kappa shape index (κ1) is 7.56. The van der Waals surface area contributed by atoms with Gasteiger partial charge in [-0.2, -0.15) is 0 Å². The van der Waals surface area contributed by atoms with Gasteiger partial charge in [-0.1, -0.05) is 30.9 Å². The molecule has 1 aromatic carbocycles. The SMILES string of the molecule is [C-]#[N+]c1ccc(C=C)cc1C. The summed E-state index contributed by atoms with van der Waals surface area (Å²) in [7, 11) is 0. The molecular weight excluding hydrogens is 134 g/mol. The lowest BCUT2D eigenvalue weighted by Crippen LogP contribution is -1.74. The molecule has 0 heterocycles. The summed E-state index contributed by atoms with van der Waals surface area (Å²) >= 11 is 0. The summed E-state index contributed by atoms with van der Waals surface area (Å²) in [5, 5.41) is 0. The van der Waals surface area contributed by atoms with E-state index >= 15 is 0 Å². The second-order valence-corrected chi connectivity index (χ2v) is 2.36. The van der Waals surface area contributed by atoms with E-state index in [1.807, 2.05) is 25.1 Å². The molecule has 0 atom stereocenters. The Morgan fingerprint density at radius 1 is 1.55 bits per heavy atom. The summed E-state index contributed by atoms with van der Waals surface area (Å²) in [6.07, 6.45) is 1.78. The lowest BCUT2D eigenvalue weighted by Gasteiger charge is -1.97. The van der Waals surface area contributed by atoms with Crippen molar-refractivity contribution in [1.82, 2.24) is 0 Å². The second kappa shape index (κ2) is 3.03. The molecule has 1 aromatic rings. The van der Waals surface area contributed by atoms with Crippen LogP contribution in [0.5, 0.6) is 0 Å². The van der Waals surface area contributed by atoms with Crippen molar-refractivity contribution in [3.63, 3.8) is 0 Å². The standard InChI is InChI=1S/C10H9N/c1-4-9-5-6-10(11-3)8(2)7-9/h4-7H,1H2,2H3. The first-order valence-electron chi connectivity index (χ1n) is 3.38. The first-order chi connectivity index (χ1) is 5.27. The number of benzene rings is 1. The van der Waals surface area contributed by atoms with E-state index < -0.39 is 0 Å². The highest BCUT2D eigenvalue weighted by Crippen LogP contribution is 2.19. The summed E-state index contributed by atoms with van der Waals surface area (Å²) in [5.74, 6) is 0. The molecule has 0 fully saturated rings. The molecule has 0 aromatic heterocycles. The van der Waals surface area contributed by atoms with Crippen LogP contribution in [0.2, 0.25) is 0 Å². The van der Waals surface area contributed by atoms with E-state index in [-0.39, 0.29) is 0 Å². The van der Waals surface area contributed by atoms with Gasteiger partial charge in [0, 0.05) is 0 Å². The Bertz CT molecular complexity index is 318. The van der Waals surface area contributed by atoms with Gasteiger partial charge < -0.3 is 0 Å². The second-order valence-electron chi connectivity index (χ2n) is 2.36. The van der Waals surface area contributed by atoms with Gasteiger partial charge in [0.1, 0.15) is 0 Å². The predicted octanol–water partition coefficient (Wildman–Crippen LogP) is 3.19. The fourth-order valence-corrected chi connectivity index (χ4v) is 0.931. The summed E-state index contributed by atoms with van der Waals surface area (Å²) < 4.78 is 0. The maximum Gasteiger partial charge on any atom is 0.190 e. The summed E-state index contributed by atoms with van der Waals surface area (Å²) in [6, 6.07) is 5.67. The van der Waals surface area contributed by atoms with E-state index in [9.17, 15) is 0 Å². The summed E-state index contributed by atoms with van der Waals surface area (Å²) in [6.45, 7) is 12.4. The molecule has 1 nitrogen and oxygen atoms in total. The highest BCUT2D eigenvalue weighted by Gasteiger charge is 1.95. The number of aryl methyl sites for hydroxylation is 1. The molecule has 54 valence electrons. The lowest BCUT2D eigenvalue weighted by atomic mass is 10.1. The van der Waals surface area contributed by atoms with Crippen molar-refractivity contribution in [3.05, 3.63) is 47.3 Å². The highest BCUT2D eigenvalue weighted by molar-refractivity contribution is 5.58. The van der Waals surface area contributed by atoms with Crippen molar-refractivity contribution >= 4 is 11.8 Å². The largest absolute Gasteiger partial charge is 0.238 e. The predicted molar refractivity (Wildman–Crippen MR) is 47.5 cm³/mol. The smallest absolute Gasteiger partial charge is 0.190 e. The Hall–Kier alpha value is -1.55. The number of rotatable bonds is 1. The van der Waals surface area contributed by atoms with E-state index in [2.05, 4.69) is 11.4 Å². The van der Waals surface area contributed by atoms with Crippen LogP contribution in [0.3, 0.4) is 0 Å². The Balaban J connectivity index is 3.22. The van der Waals surface area contributed by atoms with Crippen molar-refractivity contribution in [3.8, 4) is 0 Å². The van der Waals surface area contributed by atoms with Crippen molar-refractivity contribution in [2.45, 2.75) is 6.92 Å². The van der Waals surface area contributed by atoms with Crippen molar-refractivity contribution in [1.29, 1.82) is 0 Å². The van der Waals surface area contributed by atoms with Crippen LogP contribution in [0, 0.1) is 13.5 Å². The highest BCUT2D eigenvalue weighted by atomic mass is 14.6. The molecule has 0 unspecified atom stereocenters. The van der Waals surface area contributed by atoms with Gasteiger partial charge in [-0.3, -0.25) is 0 Å². The molecule has 11 heavy (non-hydrogen) atoms. The molecule has 1 rings (SSSR count). The van der Waals surface area contributed by atoms with Crippen molar-refractivity contribution in [2.75, 3.05) is 0 Å². The first-order valence-corrected chi connectivity index (χ1v) is 3.38. The van der Waals surface area contributed by atoms with E-state index in [0.717, 1.165) is 16.8 Å². The average Bonchev–Trinajstić information content (AvgIpc) is 2.04. The van der Waals surface area contributed by atoms with E-state index in [1.54, 1.807) is 6.08 Å². The van der Waals surface area contributed by atoms with Crippen LogP contribution in [0.15, 0.2) is 24.8 Å². The zero-order chi connectivity index (χ0) is 8.27. The average molecular weight is 143 g/mol. The van der Waals surface area contributed by atoms with E-state index in [1.165, 1.54) is 0 Å². The third-order valence-corrected chi connectivity index (χ3v) is 1.58. The zero-order valence-corrected chi connectivity index (χ0v) is 6.46. The third-order valence-electron chi connectivity index (χ3n) is 1.58. The molecule has 0 saturated heterocycles. The van der Waals surface area contributed by atoms with Gasteiger partial charge in [0.05, 0.1) is 6.57 Å². The molecule has 0 saturated carbocycles. The van der Waals surface area contributed by atoms with E-state index in [0.29, 0.717) is 0 Å². The fraction of sp³-hybridized carbons (Fsp3) is 0.100. The zero-order valence-electron chi connectivity index (χ0n) is 6.46. The fourth-order valence-electron chi connectivity index (χ4n) is 0.931. The maximum absolute atomic E-state index is 6.81. The maximum atomic E-state index is 6.81. The molecule has 0 spiro atoms. The molecule has 1 heteroatoms. The lowest BCUT2D eigenvalue weighted by molar-refractivity contribution is 1.47. The summed E-state index contributed by atoms with van der Waals surface area (Å²) in [5.41, 5.74) is 2.79.